The van der Waals surface area contributed by atoms with Gasteiger partial charge in [0, 0.05) is 28.5 Å². The van der Waals surface area contributed by atoms with E-state index in [1.54, 1.807) is 24.3 Å². The van der Waals surface area contributed by atoms with Crippen LogP contribution in [0.25, 0.3) is 0 Å². The van der Waals surface area contributed by atoms with Crippen LogP contribution in [-0.4, -0.2) is 51.5 Å². The van der Waals surface area contributed by atoms with E-state index in [0.29, 0.717) is 0 Å². The number of carbonyl (C=O) groups excluding carboxylic acids is 2. The summed E-state index contributed by atoms with van der Waals surface area (Å²) in [7, 11) is -8.31. The second-order valence-electron chi connectivity index (χ2n) is 10.9. The van der Waals surface area contributed by atoms with Crippen molar-refractivity contribution in [2.45, 2.75) is 61.5 Å². The van der Waals surface area contributed by atoms with Gasteiger partial charge in [0.2, 0.25) is 26.0 Å². The number of nitrogens with zero attached hydrogens (tertiary/aromatic N) is 4. The number of carbonyl (C=O) groups is 2. The van der Waals surface area contributed by atoms with Gasteiger partial charge in [0.25, 0.3) is 5.91 Å². The zero-order valence-electron chi connectivity index (χ0n) is 24.0. The number of hydrogen-bond donors (Lipinski definition) is 2. The molecule has 2 fully saturated rings. The summed E-state index contributed by atoms with van der Waals surface area (Å²) in [6.07, 6.45) is 5.47. The first-order chi connectivity index (χ1) is 21.4. The third kappa shape index (κ3) is 6.96. The number of aromatic nitrogens is 1. The first kappa shape index (κ1) is 32.4. The molecule has 2 atom stereocenters. The average molecular weight is 671 g/mol. The highest BCUT2D eigenvalue weighted by Crippen LogP contribution is 2.37. The van der Waals surface area contributed by atoms with Crippen LogP contribution in [0.5, 0.6) is 0 Å². The molecule has 1 aliphatic heterocycles. The number of nitrogens with two attached hydrogens (primary N) is 1. The van der Waals surface area contributed by atoms with Gasteiger partial charge in [-0.25, -0.2) is 31.3 Å². The van der Waals surface area contributed by atoms with Crippen LogP contribution in [0.15, 0.2) is 71.8 Å². The molecular weight excluding hydrogens is 640 g/mol. The Morgan fingerprint density at radius 3 is 2.49 bits per heavy atom. The third-order valence-corrected chi connectivity index (χ3v) is 11.0. The number of anilines is 2. The lowest BCUT2D eigenvalue weighted by Crippen LogP contribution is -2.53. The van der Waals surface area contributed by atoms with Gasteiger partial charge in [-0.3, -0.25) is 14.5 Å². The minimum absolute atomic E-state index is 0.0155. The van der Waals surface area contributed by atoms with Crippen molar-refractivity contribution in [3.05, 3.63) is 83.0 Å². The minimum Gasteiger partial charge on any atom is -0.351 e. The average Bonchev–Trinajstić information content (AvgIpc) is 3.34. The quantitative estimate of drug-likeness (QED) is 0.365. The second-order valence-corrected chi connectivity index (χ2v) is 14.9. The molecule has 45 heavy (non-hydrogen) atoms. The Hall–Kier alpha value is -4.03. The Kier molecular flexibility index (Phi) is 9.45. The molecule has 0 radical (unpaired) electrons. The predicted molar refractivity (Wildman–Crippen MR) is 168 cm³/mol. The summed E-state index contributed by atoms with van der Waals surface area (Å²) in [6.45, 7) is 0. The number of rotatable bonds is 8. The minimum atomic E-state index is -4.24. The summed E-state index contributed by atoms with van der Waals surface area (Å²) in [5.74, 6) is -1.93. The monoisotopic (exact) mass is 670 g/mol. The molecule has 2 aliphatic rings. The van der Waals surface area contributed by atoms with Crippen molar-refractivity contribution in [3.8, 4) is 6.07 Å². The molecule has 1 saturated heterocycles. The van der Waals surface area contributed by atoms with E-state index in [0.717, 1.165) is 47.4 Å². The summed E-state index contributed by atoms with van der Waals surface area (Å²) < 4.78 is 52.3. The topological polar surface area (TPSA) is 184 Å². The molecule has 2 amide bonds. The molecular formula is C30H31ClN6O6S2. The molecule has 3 aromatic rings. The van der Waals surface area contributed by atoms with Crippen molar-refractivity contribution in [1.82, 2.24) is 10.3 Å². The summed E-state index contributed by atoms with van der Waals surface area (Å²) >= 11 is 6.63. The molecule has 0 bridgehead atoms. The molecule has 12 nitrogen and oxygen atoms in total. The van der Waals surface area contributed by atoms with Gasteiger partial charge in [-0.1, -0.05) is 55.1 Å². The lowest BCUT2D eigenvalue weighted by atomic mass is 9.94. The molecule has 3 N–H and O–H groups in total. The van der Waals surface area contributed by atoms with Crippen molar-refractivity contribution in [2.24, 2.45) is 5.14 Å². The molecule has 1 aromatic heterocycles. The number of amides is 2. The molecule has 5 rings (SSSR count). The number of nitrogens with one attached hydrogen (secondary N) is 1. The summed E-state index contributed by atoms with van der Waals surface area (Å²) in [5, 5.41) is 18.1. The highest BCUT2D eigenvalue weighted by molar-refractivity contribution is 7.93. The van der Waals surface area contributed by atoms with E-state index in [-0.39, 0.29) is 45.0 Å². The molecule has 1 saturated carbocycles. The zero-order chi connectivity index (χ0) is 32.4. The maximum absolute atomic E-state index is 14.8. The number of pyridine rings is 1. The molecule has 236 valence electrons. The lowest BCUT2D eigenvalue weighted by molar-refractivity contribution is -0.127. The summed E-state index contributed by atoms with van der Waals surface area (Å²) in [6, 6.07) is 13.3. The van der Waals surface area contributed by atoms with Crippen LogP contribution in [0, 0.1) is 11.3 Å². The van der Waals surface area contributed by atoms with Gasteiger partial charge >= 0.3 is 0 Å². The number of nitriles is 1. The SMILES string of the molecule is N#Cc1ccnc(N2C(C(=O)N(c3cccc(S(N)(=O)=O)c3)C(C(=O)NC3CCCCC3)c3ccccc3Cl)CCS2(=O)=O)c1. The number of benzene rings is 2. The Bertz CT molecular complexity index is 1880. The van der Waals surface area contributed by atoms with E-state index in [4.69, 9.17) is 16.7 Å². The fourth-order valence-electron chi connectivity index (χ4n) is 5.80. The van der Waals surface area contributed by atoms with E-state index in [1.807, 2.05) is 6.07 Å². The van der Waals surface area contributed by atoms with Crippen molar-refractivity contribution < 1.29 is 26.4 Å². The van der Waals surface area contributed by atoms with Crippen LogP contribution in [0.1, 0.15) is 55.7 Å². The maximum atomic E-state index is 14.8. The summed E-state index contributed by atoms with van der Waals surface area (Å²) in [5.41, 5.74) is 0.365. The third-order valence-electron chi connectivity index (χ3n) is 7.94. The van der Waals surface area contributed by atoms with Gasteiger partial charge in [-0.05, 0) is 55.7 Å². The first-order valence-corrected chi connectivity index (χ1v) is 17.8. The first-order valence-electron chi connectivity index (χ1n) is 14.3. The van der Waals surface area contributed by atoms with E-state index >= 15 is 0 Å². The fourth-order valence-corrected chi connectivity index (χ4v) is 8.28. The number of hydrogen-bond acceptors (Lipinski definition) is 8. The van der Waals surface area contributed by atoms with Gasteiger partial charge in [0.1, 0.15) is 17.9 Å². The highest BCUT2D eigenvalue weighted by Gasteiger charge is 2.47. The van der Waals surface area contributed by atoms with Crippen molar-refractivity contribution in [1.29, 1.82) is 5.26 Å². The smallest absolute Gasteiger partial charge is 0.252 e. The van der Waals surface area contributed by atoms with Gasteiger partial charge in [0.15, 0.2) is 0 Å². The van der Waals surface area contributed by atoms with Gasteiger partial charge in [-0.2, -0.15) is 5.26 Å². The van der Waals surface area contributed by atoms with Crippen molar-refractivity contribution in [2.75, 3.05) is 15.0 Å². The number of sulfonamides is 2. The van der Waals surface area contributed by atoms with Crippen LogP contribution >= 0.6 is 11.6 Å². The van der Waals surface area contributed by atoms with Gasteiger partial charge < -0.3 is 5.32 Å². The molecule has 2 heterocycles. The Morgan fingerprint density at radius 1 is 1.07 bits per heavy atom. The number of primary sulfonamides is 1. The Morgan fingerprint density at radius 2 is 1.80 bits per heavy atom. The normalized spacial score (nSPS) is 19.0. The molecule has 2 unspecified atom stereocenters. The van der Waals surface area contributed by atoms with Gasteiger partial charge in [0.05, 0.1) is 22.3 Å². The standard InChI is InChI=1S/C30H31ClN6O6S2/c31-25-12-5-4-11-24(25)28(29(38)35-21-7-2-1-3-8-21)36(22-9-6-10-23(18-22)45(33,42)43)30(39)26-14-16-44(40,41)37(26)27-17-20(19-32)13-15-34-27/h4-6,9-13,15,17-18,21,26,28H,1-3,7-8,14,16H2,(H,35,38)(H2,33,42,43). The molecule has 1 aliphatic carbocycles. The van der Waals surface area contributed by atoms with Crippen molar-refractivity contribution in [3.63, 3.8) is 0 Å². The highest BCUT2D eigenvalue weighted by atomic mass is 35.5. The van der Waals surface area contributed by atoms with E-state index in [9.17, 15) is 31.7 Å². The second kappa shape index (κ2) is 13.1. The Labute approximate surface area is 266 Å². The molecule has 0 spiro atoms. The van der Waals surface area contributed by atoms with Crippen molar-refractivity contribution >= 4 is 55.0 Å². The Balaban J connectivity index is 1.69. The largest absolute Gasteiger partial charge is 0.351 e. The van der Waals surface area contributed by atoms with Crippen LogP contribution in [0.3, 0.4) is 0 Å². The van der Waals surface area contributed by atoms with E-state index in [1.165, 1.54) is 36.5 Å². The van der Waals surface area contributed by atoms with Crippen LogP contribution in [0.2, 0.25) is 5.02 Å². The van der Waals surface area contributed by atoms with Crippen LogP contribution in [-0.2, 0) is 29.6 Å². The predicted octanol–water partition coefficient (Wildman–Crippen LogP) is 3.39. The lowest BCUT2D eigenvalue weighted by Gasteiger charge is -2.36. The maximum Gasteiger partial charge on any atom is 0.252 e. The van der Waals surface area contributed by atoms with Crippen LogP contribution < -0.4 is 19.7 Å². The molecule has 2 aromatic carbocycles. The van der Waals surface area contributed by atoms with Gasteiger partial charge in [-0.15, -0.1) is 0 Å². The zero-order valence-corrected chi connectivity index (χ0v) is 26.4. The number of halogens is 1. The molecule has 15 heteroatoms. The summed E-state index contributed by atoms with van der Waals surface area (Å²) in [4.78, 5) is 33.9. The van der Waals surface area contributed by atoms with E-state index < -0.39 is 49.7 Å². The van der Waals surface area contributed by atoms with Crippen LogP contribution in [0.4, 0.5) is 11.5 Å². The van der Waals surface area contributed by atoms with E-state index in [2.05, 4.69) is 10.3 Å². The fraction of sp³-hybridized carbons (Fsp3) is 0.333.